The lowest BCUT2D eigenvalue weighted by molar-refractivity contribution is -0.0919. The molecule has 0 amide bonds. The van der Waals surface area contributed by atoms with Gasteiger partial charge in [-0.1, -0.05) is 13.2 Å². The molecule has 1 heterocycles. The zero-order valence-corrected chi connectivity index (χ0v) is 14.7. The maximum absolute atomic E-state index is 13.0. The van der Waals surface area contributed by atoms with Gasteiger partial charge in [-0.3, -0.25) is 15.4 Å². The number of hydrogen-bond donors (Lipinski definition) is 2. The van der Waals surface area contributed by atoms with Crippen LogP contribution in [0.3, 0.4) is 0 Å². The van der Waals surface area contributed by atoms with Crippen LogP contribution in [0.25, 0.3) is 10.9 Å². The van der Waals surface area contributed by atoms with Crippen LogP contribution in [0.15, 0.2) is 65.6 Å². The molecular formula is C18H17F4N5. The first-order chi connectivity index (χ1) is 12.5. The number of H-pyrrole nitrogens is 1. The third kappa shape index (κ3) is 4.69. The van der Waals surface area contributed by atoms with Gasteiger partial charge in [0.15, 0.2) is 0 Å². The fraction of sp³-hybridized carbons (Fsp3) is 0.167. The van der Waals surface area contributed by atoms with Crippen molar-refractivity contribution in [2.75, 3.05) is 4.90 Å². The molecule has 0 spiro atoms. The molecule has 0 aliphatic carbocycles. The number of aromatic amines is 1. The Morgan fingerprint density at radius 1 is 1.30 bits per heavy atom. The van der Waals surface area contributed by atoms with Gasteiger partial charge in [-0.2, -0.15) is 22.7 Å². The van der Waals surface area contributed by atoms with Crippen molar-refractivity contribution < 1.29 is 17.6 Å². The van der Waals surface area contributed by atoms with E-state index < -0.39 is 17.8 Å². The fourth-order valence-electron chi connectivity index (χ4n) is 2.37. The molecule has 0 bridgehead atoms. The van der Waals surface area contributed by atoms with Crippen molar-refractivity contribution in [1.82, 2.24) is 10.2 Å². The number of alkyl halides is 3. The molecule has 0 fully saturated rings. The van der Waals surface area contributed by atoms with Gasteiger partial charge in [0.2, 0.25) is 5.97 Å². The van der Waals surface area contributed by atoms with Gasteiger partial charge in [-0.15, -0.1) is 0 Å². The topological polar surface area (TPSA) is 68.1 Å². The molecule has 0 unspecified atom stereocenters. The molecule has 0 aliphatic heterocycles. The van der Waals surface area contributed by atoms with E-state index in [0.29, 0.717) is 11.1 Å². The van der Waals surface area contributed by atoms with Gasteiger partial charge in [0.1, 0.15) is 11.5 Å². The number of halogens is 4. The van der Waals surface area contributed by atoms with Crippen molar-refractivity contribution in [2.45, 2.75) is 20.0 Å². The van der Waals surface area contributed by atoms with Crippen LogP contribution >= 0.6 is 0 Å². The second-order valence-corrected chi connectivity index (χ2v) is 5.70. The lowest BCUT2D eigenvalue weighted by Crippen LogP contribution is -2.29. The monoisotopic (exact) mass is 379 g/mol. The molecule has 0 aliphatic rings. The second kappa shape index (κ2) is 7.56. The summed E-state index contributed by atoms with van der Waals surface area (Å²) in [6.07, 6.45) is -2.22. The Morgan fingerprint density at radius 2 is 1.96 bits per heavy atom. The lowest BCUT2D eigenvalue weighted by atomic mass is 10.1. The minimum Gasteiger partial charge on any atom is -0.299 e. The third-order valence-electron chi connectivity index (χ3n) is 3.70. The molecule has 0 radical (unpaired) electrons. The Balaban J connectivity index is 2.57. The maximum Gasteiger partial charge on any atom is 0.432 e. The summed E-state index contributed by atoms with van der Waals surface area (Å²) in [6.45, 7) is 9.61. The van der Waals surface area contributed by atoms with E-state index in [2.05, 4.69) is 28.3 Å². The lowest BCUT2D eigenvalue weighted by Gasteiger charge is -2.27. The van der Waals surface area contributed by atoms with Crippen molar-refractivity contribution in [3.05, 3.63) is 60.6 Å². The van der Waals surface area contributed by atoms with Gasteiger partial charge in [0, 0.05) is 16.8 Å². The van der Waals surface area contributed by atoms with Crippen molar-refractivity contribution in [3.63, 3.8) is 0 Å². The SMILES string of the molecule is C=C(/C(C)=C/C(=N)F)N(C(C)=NC(=C)C(F)(F)F)c1ccc2[nH]ncc2c1. The zero-order chi connectivity index (χ0) is 20.4. The summed E-state index contributed by atoms with van der Waals surface area (Å²) < 4.78 is 51.4. The van der Waals surface area contributed by atoms with Gasteiger partial charge < -0.3 is 0 Å². The maximum atomic E-state index is 13.0. The van der Waals surface area contributed by atoms with E-state index in [9.17, 15) is 17.6 Å². The first-order valence-electron chi connectivity index (χ1n) is 7.67. The molecular weight excluding hydrogens is 362 g/mol. The Kier molecular flexibility index (Phi) is 5.63. The van der Waals surface area contributed by atoms with Crippen LogP contribution in [-0.2, 0) is 0 Å². The van der Waals surface area contributed by atoms with Crippen molar-refractivity contribution in [2.24, 2.45) is 4.99 Å². The summed E-state index contributed by atoms with van der Waals surface area (Å²) in [7, 11) is 0. The smallest absolute Gasteiger partial charge is 0.299 e. The summed E-state index contributed by atoms with van der Waals surface area (Å²) in [6, 6.07) is 5.00. The molecule has 1 aromatic heterocycles. The molecule has 27 heavy (non-hydrogen) atoms. The quantitative estimate of drug-likeness (QED) is 0.322. The average molecular weight is 379 g/mol. The molecule has 0 saturated heterocycles. The standard InChI is InChI=1S/C18H17F4N5/c1-10(7-17(19)23)11(2)27(13(4)25-12(3)18(20,21)22)15-5-6-16-14(8-15)9-24-26-16/h5-9,23H,2-3H2,1,4H3,(H,24,26)/b10-7+,23-17?,25-13?. The van der Waals surface area contributed by atoms with Gasteiger partial charge in [-0.05, 0) is 43.7 Å². The zero-order valence-electron chi connectivity index (χ0n) is 14.7. The van der Waals surface area contributed by atoms with Gasteiger partial charge in [0.05, 0.1) is 11.7 Å². The molecule has 2 aromatic rings. The number of benzene rings is 1. The molecule has 142 valence electrons. The number of hydrogen-bond acceptors (Lipinski definition) is 3. The van der Waals surface area contributed by atoms with Crippen LogP contribution in [-0.4, -0.2) is 28.2 Å². The predicted molar refractivity (Wildman–Crippen MR) is 98.6 cm³/mol. The van der Waals surface area contributed by atoms with Crippen LogP contribution in [0.5, 0.6) is 0 Å². The molecule has 9 heteroatoms. The second-order valence-electron chi connectivity index (χ2n) is 5.70. The number of nitrogens with one attached hydrogen (secondary N) is 2. The summed E-state index contributed by atoms with van der Waals surface area (Å²) in [5.74, 6) is -1.27. The Labute approximate surface area is 152 Å². The summed E-state index contributed by atoms with van der Waals surface area (Å²) >= 11 is 0. The Bertz CT molecular complexity index is 966. The van der Waals surface area contributed by atoms with Crippen molar-refractivity contribution >= 4 is 28.4 Å². The van der Waals surface area contributed by atoms with Crippen LogP contribution in [0, 0.1) is 5.41 Å². The first kappa shape index (κ1) is 20.1. The number of anilines is 1. The minimum absolute atomic E-state index is 0.0664. The number of fused-ring (bicyclic) bond motifs is 1. The van der Waals surface area contributed by atoms with Crippen LogP contribution in [0.4, 0.5) is 23.2 Å². The minimum atomic E-state index is -4.69. The van der Waals surface area contributed by atoms with E-state index in [1.54, 1.807) is 24.4 Å². The number of rotatable bonds is 5. The van der Waals surface area contributed by atoms with Gasteiger partial charge in [0.25, 0.3) is 0 Å². The summed E-state index contributed by atoms with van der Waals surface area (Å²) in [5, 5.41) is 14.3. The Morgan fingerprint density at radius 3 is 2.56 bits per heavy atom. The highest BCUT2D eigenvalue weighted by Crippen LogP contribution is 2.29. The average Bonchev–Trinajstić information content (AvgIpc) is 3.01. The number of allylic oxidation sites excluding steroid dienone is 3. The molecule has 2 N–H and O–H groups in total. The van der Waals surface area contributed by atoms with E-state index in [0.717, 1.165) is 11.6 Å². The number of aliphatic imine (C=N–C) groups is 1. The number of amidine groups is 1. The van der Waals surface area contributed by atoms with Gasteiger partial charge >= 0.3 is 6.18 Å². The van der Waals surface area contributed by atoms with E-state index in [-0.39, 0.29) is 17.1 Å². The highest BCUT2D eigenvalue weighted by Gasteiger charge is 2.32. The van der Waals surface area contributed by atoms with Crippen molar-refractivity contribution in [1.29, 1.82) is 5.41 Å². The normalized spacial score (nSPS) is 13.0. The highest BCUT2D eigenvalue weighted by atomic mass is 19.4. The predicted octanol–water partition coefficient (Wildman–Crippen LogP) is 5.27. The summed E-state index contributed by atoms with van der Waals surface area (Å²) in [4.78, 5) is 4.87. The molecule has 0 saturated carbocycles. The number of nitrogens with zero attached hydrogens (tertiary/aromatic N) is 3. The highest BCUT2D eigenvalue weighted by molar-refractivity contribution is 6.02. The Hall–Kier alpha value is -3.23. The number of aromatic nitrogens is 2. The van der Waals surface area contributed by atoms with E-state index in [4.69, 9.17) is 5.41 Å². The first-order valence-corrected chi connectivity index (χ1v) is 7.67. The van der Waals surface area contributed by atoms with Crippen LogP contribution < -0.4 is 4.90 Å². The van der Waals surface area contributed by atoms with E-state index in [1.165, 1.54) is 18.7 Å². The van der Waals surface area contributed by atoms with Crippen LogP contribution in [0.1, 0.15) is 13.8 Å². The van der Waals surface area contributed by atoms with E-state index in [1.807, 2.05) is 0 Å². The molecule has 0 atom stereocenters. The van der Waals surface area contributed by atoms with E-state index >= 15 is 0 Å². The molecule has 5 nitrogen and oxygen atoms in total. The summed E-state index contributed by atoms with van der Waals surface area (Å²) in [5.41, 5.74) is 0.320. The third-order valence-corrected chi connectivity index (χ3v) is 3.70. The largest absolute Gasteiger partial charge is 0.432 e. The van der Waals surface area contributed by atoms with Crippen LogP contribution in [0.2, 0.25) is 0 Å². The molecule has 2 rings (SSSR count). The fourth-order valence-corrected chi connectivity index (χ4v) is 2.37. The molecule has 1 aromatic carbocycles. The van der Waals surface area contributed by atoms with Crippen molar-refractivity contribution in [3.8, 4) is 0 Å². The van der Waals surface area contributed by atoms with Gasteiger partial charge in [-0.25, -0.2) is 4.99 Å².